The fourth-order valence-electron chi connectivity index (χ4n) is 1.60. The molecule has 0 unspecified atom stereocenters. The van der Waals surface area contributed by atoms with Crippen molar-refractivity contribution in [3.8, 4) is 0 Å². The highest BCUT2D eigenvalue weighted by Gasteiger charge is 2.68. The quantitative estimate of drug-likeness (QED) is 0.537. The lowest BCUT2D eigenvalue weighted by Crippen LogP contribution is -2.04. The molecule has 1 saturated carbocycles. The molecule has 0 aromatic carbocycles. The number of carbonyl (C=O) groups excluding carboxylic acids is 2. The molecule has 56 valence electrons. The predicted octanol–water partition coefficient (Wildman–Crippen LogP) is 1.05. The highest BCUT2D eigenvalue weighted by molar-refractivity contribution is 5.78. The summed E-state index contributed by atoms with van der Waals surface area (Å²) in [5.74, 6) is -0.0718. The van der Waals surface area contributed by atoms with Gasteiger partial charge in [-0.2, -0.15) is 0 Å². The average molecular weight is 140 g/mol. The van der Waals surface area contributed by atoms with E-state index in [2.05, 4.69) is 0 Å². The normalized spacial score (nSPS) is 42.5. The summed E-state index contributed by atoms with van der Waals surface area (Å²) >= 11 is 0. The van der Waals surface area contributed by atoms with Crippen LogP contribution in [0, 0.1) is 16.7 Å². The number of hydrogen-bond acceptors (Lipinski definition) is 2. The van der Waals surface area contributed by atoms with Crippen LogP contribution in [-0.2, 0) is 9.59 Å². The lowest BCUT2D eigenvalue weighted by molar-refractivity contribution is -0.115. The second-order valence-corrected chi connectivity index (χ2v) is 3.74. The Morgan fingerprint density at radius 3 is 1.80 bits per heavy atom. The Bertz CT molecular complexity index is 184. The maximum Gasteiger partial charge on any atom is 0.127 e. The Hall–Kier alpha value is -0.660. The Labute approximate surface area is 60.6 Å². The highest BCUT2D eigenvalue weighted by atomic mass is 16.1. The van der Waals surface area contributed by atoms with Crippen molar-refractivity contribution in [1.29, 1.82) is 0 Å². The first-order chi connectivity index (χ1) is 4.50. The summed E-state index contributed by atoms with van der Waals surface area (Å²) in [6.07, 6.45) is 1.78. The van der Waals surface area contributed by atoms with Crippen molar-refractivity contribution in [2.24, 2.45) is 16.7 Å². The van der Waals surface area contributed by atoms with Crippen molar-refractivity contribution < 1.29 is 9.59 Å². The zero-order chi connectivity index (χ0) is 7.99. The van der Waals surface area contributed by atoms with Crippen LogP contribution in [0.3, 0.4) is 0 Å². The van der Waals surface area contributed by atoms with Crippen LogP contribution < -0.4 is 0 Å². The van der Waals surface area contributed by atoms with Crippen LogP contribution in [0.5, 0.6) is 0 Å². The van der Waals surface area contributed by atoms with Gasteiger partial charge in [0, 0.05) is 11.3 Å². The van der Waals surface area contributed by atoms with Gasteiger partial charge >= 0.3 is 0 Å². The maximum absolute atomic E-state index is 10.5. The molecule has 0 N–H and O–H groups in total. The molecule has 2 heteroatoms. The minimum atomic E-state index is -0.394. The Kier molecular flexibility index (Phi) is 1.25. The van der Waals surface area contributed by atoms with E-state index in [9.17, 15) is 9.59 Å². The van der Waals surface area contributed by atoms with Crippen LogP contribution in [-0.4, -0.2) is 12.6 Å². The molecule has 2 nitrogen and oxygen atoms in total. The number of carbonyl (C=O) groups is 2. The van der Waals surface area contributed by atoms with E-state index in [0.717, 1.165) is 12.6 Å². The zero-order valence-corrected chi connectivity index (χ0v) is 6.55. The molecular weight excluding hydrogens is 128 g/mol. The van der Waals surface area contributed by atoms with E-state index in [4.69, 9.17) is 0 Å². The largest absolute Gasteiger partial charge is 0.303 e. The summed E-state index contributed by atoms with van der Waals surface area (Å²) in [4.78, 5) is 20.9. The van der Waals surface area contributed by atoms with Gasteiger partial charge in [0.1, 0.15) is 12.6 Å². The minimum Gasteiger partial charge on any atom is -0.303 e. The molecule has 1 aliphatic carbocycles. The van der Waals surface area contributed by atoms with Gasteiger partial charge in [0.2, 0.25) is 0 Å². The topological polar surface area (TPSA) is 34.1 Å². The lowest BCUT2D eigenvalue weighted by Gasteiger charge is -2.02. The summed E-state index contributed by atoms with van der Waals surface area (Å²) in [6, 6.07) is 0. The minimum absolute atomic E-state index is 0.0718. The summed E-state index contributed by atoms with van der Waals surface area (Å²) in [5, 5.41) is 0. The van der Waals surface area contributed by atoms with Crippen LogP contribution in [0.25, 0.3) is 0 Å². The van der Waals surface area contributed by atoms with Crippen LogP contribution >= 0.6 is 0 Å². The van der Waals surface area contributed by atoms with Gasteiger partial charge in [0.05, 0.1) is 0 Å². The monoisotopic (exact) mass is 140 g/mol. The summed E-state index contributed by atoms with van der Waals surface area (Å²) in [5.41, 5.74) is -0.509. The second kappa shape index (κ2) is 1.68. The molecule has 0 aromatic rings. The van der Waals surface area contributed by atoms with Crippen molar-refractivity contribution in [2.75, 3.05) is 0 Å². The van der Waals surface area contributed by atoms with E-state index in [-0.39, 0.29) is 11.3 Å². The molecule has 0 aromatic heterocycles. The molecule has 0 aliphatic heterocycles. The predicted molar refractivity (Wildman–Crippen MR) is 37.5 cm³/mol. The van der Waals surface area contributed by atoms with Gasteiger partial charge < -0.3 is 9.59 Å². The van der Waals surface area contributed by atoms with Gasteiger partial charge in [-0.15, -0.1) is 0 Å². The Morgan fingerprint density at radius 2 is 1.70 bits per heavy atom. The molecule has 2 atom stereocenters. The molecule has 1 fully saturated rings. The van der Waals surface area contributed by atoms with Gasteiger partial charge in [0.25, 0.3) is 0 Å². The first-order valence-corrected chi connectivity index (χ1v) is 3.42. The average Bonchev–Trinajstić information content (AvgIpc) is 2.29. The van der Waals surface area contributed by atoms with Crippen LogP contribution in [0.15, 0.2) is 0 Å². The molecule has 1 aliphatic rings. The van der Waals surface area contributed by atoms with Crippen LogP contribution in [0.2, 0.25) is 0 Å². The molecule has 0 heterocycles. The molecule has 1 rings (SSSR count). The first kappa shape index (κ1) is 7.45. The molecule has 0 saturated heterocycles. The molecule has 10 heavy (non-hydrogen) atoms. The van der Waals surface area contributed by atoms with Crippen molar-refractivity contribution >= 4 is 12.6 Å². The van der Waals surface area contributed by atoms with E-state index in [0.29, 0.717) is 0 Å². The van der Waals surface area contributed by atoms with Gasteiger partial charge in [-0.05, 0) is 5.41 Å². The van der Waals surface area contributed by atoms with Gasteiger partial charge in [-0.3, -0.25) is 0 Å². The standard InChI is InChI=1S/C8H12O2/c1-7(2)6(4-9)8(7,3)5-10/h4-6H,1-3H3/t6-,8+/m1/s1. The summed E-state index contributed by atoms with van der Waals surface area (Å²) in [6.45, 7) is 5.72. The zero-order valence-electron chi connectivity index (χ0n) is 6.55. The Morgan fingerprint density at radius 1 is 1.20 bits per heavy atom. The van der Waals surface area contributed by atoms with Gasteiger partial charge in [-0.25, -0.2) is 0 Å². The molecule has 0 bridgehead atoms. The smallest absolute Gasteiger partial charge is 0.127 e. The summed E-state index contributed by atoms with van der Waals surface area (Å²) < 4.78 is 0. The van der Waals surface area contributed by atoms with E-state index in [1.54, 1.807) is 0 Å². The summed E-state index contributed by atoms with van der Waals surface area (Å²) in [7, 11) is 0. The van der Waals surface area contributed by atoms with E-state index in [1.807, 2.05) is 20.8 Å². The van der Waals surface area contributed by atoms with Crippen molar-refractivity contribution in [1.82, 2.24) is 0 Å². The van der Waals surface area contributed by atoms with Crippen LogP contribution in [0.4, 0.5) is 0 Å². The van der Waals surface area contributed by atoms with Crippen molar-refractivity contribution in [3.05, 3.63) is 0 Å². The van der Waals surface area contributed by atoms with Crippen LogP contribution in [0.1, 0.15) is 20.8 Å². The highest BCUT2D eigenvalue weighted by Crippen LogP contribution is 2.66. The fourth-order valence-corrected chi connectivity index (χ4v) is 1.60. The number of hydrogen-bond donors (Lipinski definition) is 0. The van der Waals surface area contributed by atoms with Crippen molar-refractivity contribution in [2.45, 2.75) is 20.8 Å². The lowest BCUT2D eigenvalue weighted by atomic mass is 10.0. The molecule has 0 spiro atoms. The molecular formula is C8H12O2. The number of aldehydes is 2. The van der Waals surface area contributed by atoms with E-state index < -0.39 is 5.41 Å². The van der Waals surface area contributed by atoms with E-state index in [1.165, 1.54) is 0 Å². The third-order valence-electron chi connectivity index (χ3n) is 3.11. The fraction of sp³-hybridized carbons (Fsp3) is 0.750. The number of rotatable bonds is 2. The first-order valence-electron chi connectivity index (χ1n) is 3.42. The molecule has 0 amide bonds. The SMILES string of the molecule is CC1(C)[C@@H](C=O)[C@]1(C)C=O. The molecule has 0 radical (unpaired) electrons. The van der Waals surface area contributed by atoms with E-state index >= 15 is 0 Å². The second-order valence-electron chi connectivity index (χ2n) is 3.74. The maximum atomic E-state index is 10.5. The third-order valence-corrected chi connectivity index (χ3v) is 3.11. The van der Waals surface area contributed by atoms with Crippen molar-refractivity contribution in [3.63, 3.8) is 0 Å². The van der Waals surface area contributed by atoms with Gasteiger partial charge in [0.15, 0.2) is 0 Å². The Balaban J connectivity index is 2.87. The third kappa shape index (κ3) is 0.542. The van der Waals surface area contributed by atoms with Gasteiger partial charge in [-0.1, -0.05) is 20.8 Å².